The van der Waals surface area contributed by atoms with Crippen LogP contribution < -0.4 is 5.32 Å². The number of rotatable bonds is 10. The topological polar surface area (TPSA) is 105 Å². The van der Waals surface area contributed by atoms with Gasteiger partial charge in [0.25, 0.3) is 0 Å². The molecule has 0 heterocycles. The lowest BCUT2D eigenvalue weighted by Gasteiger charge is -2.29. The van der Waals surface area contributed by atoms with Crippen molar-refractivity contribution in [2.75, 3.05) is 26.3 Å². The molecule has 0 aromatic heterocycles. The van der Waals surface area contributed by atoms with Crippen LogP contribution in [0.2, 0.25) is 0 Å². The number of alkyl carbamates (subject to hydrolysis) is 1. The highest BCUT2D eigenvalue weighted by Gasteiger charge is 2.32. The molecule has 2 aromatic rings. The first-order valence-corrected chi connectivity index (χ1v) is 11.9. The van der Waals surface area contributed by atoms with Gasteiger partial charge in [0.15, 0.2) is 0 Å². The van der Waals surface area contributed by atoms with Gasteiger partial charge in [-0.05, 0) is 49.4 Å². The van der Waals surface area contributed by atoms with Crippen molar-refractivity contribution in [2.24, 2.45) is 0 Å². The molecular weight excluding hydrogens is 448 g/mol. The number of carbonyl (C=O) groups is 3. The standard InChI is InChI=1S/C27H34N2O6/c1-5-14-29(15-24(30)31)25(32)23(17-35-27(2,3)4)28-26(33)34-16-22-20-12-8-6-10-18(20)19-11-7-9-13-21(19)22/h6-13,22-23H,5,14-17H2,1-4H3,(H,28,33)(H,30,31)/t23-/m0/s1. The van der Waals surface area contributed by atoms with Crippen molar-refractivity contribution in [3.63, 3.8) is 0 Å². The average molecular weight is 483 g/mol. The second kappa shape index (κ2) is 11.4. The molecule has 2 amide bonds. The van der Waals surface area contributed by atoms with Gasteiger partial charge in [-0.1, -0.05) is 55.5 Å². The molecule has 2 N–H and O–H groups in total. The Labute approximate surface area is 206 Å². The highest BCUT2D eigenvalue weighted by Crippen LogP contribution is 2.44. The second-order valence-electron chi connectivity index (χ2n) is 9.60. The van der Waals surface area contributed by atoms with Crippen LogP contribution >= 0.6 is 0 Å². The van der Waals surface area contributed by atoms with Crippen LogP contribution in [0.3, 0.4) is 0 Å². The number of hydrogen-bond donors (Lipinski definition) is 2. The van der Waals surface area contributed by atoms with Gasteiger partial charge in [-0.2, -0.15) is 0 Å². The molecule has 0 fully saturated rings. The maximum atomic E-state index is 13.1. The minimum Gasteiger partial charge on any atom is -0.480 e. The Morgan fingerprint density at radius 1 is 1.03 bits per heavy atom. The third-order valence-corrected chi connectivity index (χ3v) is 5.75. The maximum absolute atomic E-state index is 13.1. The smallest absolute Gasteiger partial charge is 0.407 e. The number of hydrogen-bond acceptors (Lipinski definition) is 5. The van der Waals surface area contributed by atoms with Gasteiger partial charge in [-0.25, -0.2) is 4.79 Å². The summed E-state index contributed by atoms with van der Waals surface area (Å²) in [7, 11) is 0. The summed E-state index contributed by atoms with van der Waals surface area (Å²) < 4.78 is 11.3. The van der Waals surface area contributed by atoms with Gasteiger partial charge in [-0.3, -0.25) is 9.59 Å². The second-order valence-corrected chi connectivity index (χ2v) is 9.60. The number of ether oxygens (including phenoxy) is 2. The van der Waals surface area contributed by atoms with E-state index in [-0.39, 0.29) is 25.7 Å². The summed E-state index contributed by atoms with van der Waals surface area (Å²) >= 11 is 0. The molecular formula is C27H34N2O6. The number of nitrogens with zero attached hydrogens (tertiary/aromatic N) is 1. The molecule has 1 atom stereocenters. The molecule has 8 nitrogen and oxygen atoms in total. The van der Waals surface area contributed by atoms with Crippen molar-refractivity contribution in [2.45, 2.75) is 51.7 Å². The Bertz CT molecular complexity index is 1020. The molecule has 1 aliphatic carbocycles. The maximum Gasteiger partial charge on any atom is 0.407 e. The highest BCUT2D eigenvalue weighted by atomic mass is 16.5. The largest absolute Gasteiger partial charge is 0.480 e. The van der Waals surface area contributed by atoms with E-state index in [4.69, 9.17) is 9.47 Å². The van der Waals surface area contributed by atoms with Crippen molar-refractivity contribution in [3.05, 3.63) is 59.7 Å². The summed E-state index contributed by atoms with van der Waals surface area (Å²) in [6, 6.07) is 15.0. The molecule has 0 radical (unpaired) electrons. The minimum atomic E-state index is -1.12. The number of carboxylic acids is 1. The van der Waals surface area contributed by atoms with Crippen molar-refractivity contribution >= 4 is 18.0 Å². The molecule has 188 valence electrons. The first kappa shape index (κ1) is 26.2. The van der Waals surface area contributed by atoms with E-state index >= 15 is 0 Å². The molecule has 0 unspecified atom stereocenters. The third-order valence-electron chi connectivity index (χ3n) is 5.75. The Hall–Kier alpha value is -3.39. The molecule has 0 spiro atoms. The monoisotopic (exact) mass is 482 g/mol. The van der Waals surface area contributed by atoms with Crippen LogP contribution in [0.4, 0.5) is 4.79 Å². The van der Waals surface area contributed by atoms with Gasteiger partial charge in [0.1, 0.15) is 19.2 Å². The normalized spacial score (nSPS) is 13.5. The quantitative estimate of drug-likeness (QED) is 0.530. The van der Waals surface area contributed by atoms with E-state index in [1.165, 1.54) is 4.90 Å². The molecule has 1 aliphatic rings. The first-order chi connectivity index (χ1) is 16.6. The fraction of sp³-hybridized carbons (Fsp3) is 0.444. The molecule has 8 heteroatoms. The summed E-state index contributed by atoms with van der Waals surface area (Å²) in [5.41, 5.74) is 3.85. The molecule has 0 saturated heterocycles. The van der Waals surface area contributed by atoms with Crippen molar-refractivity contribution in [1.29, 1.82) is 0 Å². The van der Waals surface area contributed by atoms with E-state index in [9.17, 15) is 19.5 Å². The number of carbonyl (C=O) groups excluding carboxylic acids is 2. The Balaban J connectivity index is 1.71. The Morgan fingerprint density at radius 2 is 1.60 bits per heavy atom. The Kier molecular flexibility index (Phi) is 8.51. The van der Waals surface area contributed by atoms with E-state index in [1.807, 2.05) is 64.1 Å². The summed E-state index contributed by atoms with van der Waals surface area (Å²) in [4.78, 5) is 38.4. The van der Waals surface area contributed by atoms with E-state index in [1.54, 1.807) is 0 Å². The zero-order chi connectivity index (χ0) is 25.6. The van der Waals surface area contributed by atoms with Crippen LogP contribution in [0.25, 0.3) is 11.1 Å². The molecule has 3 rings (SSSR count). The lowest BCUT2D eigenvalue weighted by Crippen LogP contribution is -2.53. The van der Waals surface area contributed by atoms with Crippen LogP contribution in [0.1, 0.15) is 51.2 Å². The lowest BCUT2D eigenvalue weighted by atomic mass is 9.98. The molecule has 0 bridgehead atoms. The van der Waals surface area contributed by atoms with Crippen molar-refractivity contribution < 1.29 is 29.0 Å². The predicted octanol–water partition coefficient (Wildman–Crippen LogP) is 4.03. The lowest BCUT2D eigenvalue weighted by molar-refractivity contribution is -0.146. The SMILES string of the molecule is CCCN(CC(=O)O)C(=O)[C@H](COC(C)(C)C)NC(=O)OCC1c2ccccc2-c2ccccc21. The first-order valence-electron chi connectivity index (χ1n) is 11.9. The van der Waals surface area contributed by atoms with Crippen LogP contribution in [0, 0.1) is 0 Å². The number of benzene rings is 2. The van der Waals surface area contributed by atoms with E-state index < -0.39 is 36.2 Å². The minimum absolute atomic E-state index is 0.105. The highest BCUT2D eigenvalue weighted by molar-refractivity contribution is 5.88. The van der Waals surface area contributed by atoms with Gasteiger partial charge in [0.05, 0.1) is 12.2 Å². The van der Waals surface area contributed by atoms with Crippen LogP contribution in [-0.4, -0.2) is 65.9 Å². The van der Waals surface area contributed by atoms with Gasteiger partial charge < -0.3 is 24.8 Å². The van der Waals surface area contributed by atoms with Gasteiger partial charge in [0.2, 0.25) is 5.91 Å². The summed E-state index contributed by atoms with van der Waals surface area (Å²) in [5, 5.41) is 11.8. The van der Waals surface area contributed by atoms with Crippen LogP contribution in [-0.2, 0) is 19.1 Å². The third kappa shape index (κ3) is 6.82. The van der Waals surface area contributed by atoms with Crippen LogP contribution in [0.5, 0.6) is 0 Å². The molecule has 0 saturated carbocycles. The Morgan fingerprint density at radius 3 is 2.11 bits per heavy atom. The summed E-state index contributed by atoms with van der Waals surface area (Å²) in [5.74, 6) is -1.76. The summed E-state index contributed by atoms with van der Waals surface area (Å²) in [6.45, 7) is 7.16. The summed E-state index contributed by atoms with van der Waals surface area (Å²) in [6.07, 6.45) is -0.175. The predicted molar refractivity (Wildman–Crippen MR) is 132 cm³/mol. The molecule has 0 aliphatic heterocycles. The molecule has 2 aromatic carbocycles. The van der Waals surface area contributed by atoms with E-state index in [0.717, 1.165) is 22.3 Å². The fourth-order valence-corrected chi connectivity index (χ4v) is 4.21. The van der Waals surface area contributed by atoms with Gasteiger partial charge in [0, 0.05) is 12.5 Å². The number of fused-ring (bicyclic) bond motifs is 3. The van der Waals surface area contributed by atoms with Gasteiger partial charge >= 0.3 is 12.1 Å². The van der Waals surface area contributed by atoms with Crippen LogP contribution in [0.15, 0.2) is 48.5 Å². The van der Waals surface area contributed by atoms with E-state index in [2.05, 4.69) is 17.4 Å². The van der Waals surface area contributed by atoms with E-state index in [0.29, 0.717) is 6.42 Å². The zero-order valence-electron chi connectivity index (χ0n) is 20.7. The molecule has 35 heavy (non-hydrogen) atoms. The number of amides is 2. The zero-order valence-corrected chi connectivity index (χ0v) is 20.7. The van der Waals surface area contributed by atoms with Crippen molar-refractivity contribution in [3.8, 4) is 11.1 Å². The number of aliphatic carboxylic acids is 1. The number of nitrogens with one attached hydrogen (secondary N) is 1. The van der Waals surface area contributed by atoms with Gasteiger partial charge in [-0.15, -0.1) is 0 Å². The number of carboxylic acid groups (broad SMARTS) is 1. The van der Waals surface area contributed by atoms with Crippen molar-refractivity contribution in [1.82, 2.24) is 10.2 Å². The average Bonchev–Trinajstić information content (AvgIpc) is 3.12. The fourth-order valence-electron chi connectivity index (χ4n) is 4.21.